The van der Waals surface area contributed by atoms with Gasteiger partial charge in [0.05, 0.1) is 23.4 Å². The number of aromatic carboxylic acids is 1. The van der Waals surface area contributed by atoms with E-state index in [1.807, 2.05) is 0 Å². The number of rotatable bonds is 6. The molecule has 0 aliphatic rings. The van der Waals surface area contributed by atoms with E-state index < -0.39 is 21.5 Å². The number of nitrogens with one attached hydrogen (secondary N) is 1. The normalized spacial score (nSPS) is 10.1. The van der Waals surface area contributed by atoms with E-state index in [0.717, 1.165) is 12.1 Å². The lowest BCUT2D eigenvalue weighted by atomic mass is 10.2. The number of carboxylic acids is 1. The Hall–Kier alpha value is -3.11. The molecule has 23 heavy (non-hydrogen) atoms. The van der Waals surface area contributed by atoms with E-state index in [9.17, 15) is 13.2 Å². The largest absolute Gasteiger partial charge is 0.496 e. The van der Waals surface area contributed by atoms with Crippen LogP contribution in [0.3, 0.4) is 0 Å². The van der Waals surface area contributed by atoms with Crippen molar-refractivity contribution in [3.8, 4) is 17.9 Å². The van der Waals surface area contributed by atoms with Gasteiger partial charge in [0, 0.05) is 6.07 Å². The van der Waals surface area contributed by atoms with Gasteiger partial charge in [0.25, 0.3) is 0 Å². The standard InChI is InChI=1S/C13H12N4O5S/c1-3-23(20,21)12-4-9(13(18)19)11(22-2)5-10(12)17-16-8(6-14)7-15/h4-5,17H,3H2,1-2H3,(H,18,19). The zero-order chi connectivity index (χ0) is 17.6. The average Bonchev–Trinajstić information content (AvgIpc) is 2.54. The van der Waals surface area contributed by atoms with E-state index in [0.29, 0.717) is 0 Å². The minimum Gasteiger partial charge on any atom is -0.496 e. The second kappa shape index (κ2) is 7.24. The second-order valence-corrected chi connectivity index (χ2v) is 6.30. The highest BCUT2D eigenvalue weighted by molar-refractivity contribution is 7.91. The first kappa shape index (κ1) is 17.9. The van der Waals surface area contributed by atoms with Crippen molar-refractivity contribution in [2.45, 2.75) is 11.8 Å². The Labute approximate surface area is 132 Å². The van der Waals surface area contributed by atoms with Crippen molar-refractivity contribution >= 4 is 27.2 Å². The molecule has 0 amide bonds. The summed E-state index contributed by atoms with van der Waals surface area (Å²) in [6, 6.07) is 5.08. The van der Waals surface area contributed by atoms with Gasteiger partial charge in [0.15, 0.2) is 9.84 Å². The number of nitrogens with zero attached hydrogens (tertiary/aromatic N) is 3. The molecule has 0 aromatic heterocycles. The van der Waals surface area contributed by atoms with Crippen molar-refractivity contribution in [1.29, 1.82) is 10.5 Å². The molecule has 0 aliphatic heterocycles. The number of hydrogen-bond donors (Lipinski definition) is 2. The Morgan fingerprint density at radius 2 is 2.00 bits per heavy atom. The first-order chi connectivity index (χ1) is 10.8. The lowest BCUT2D eigenvalue weighted by molar-refractivity contribution is 0.0693. The van der Waals surface area contributed by atoms with E-state index in [-0.39, 0.29) is 27.6 Å². The van der Waals surface area contributed by atoms with E-state index in [2.05, 4.69) is 10.5 Å². The van der Waals surface area contributed by atoms with Crippen molar-refractivity contribution < 1.29 is 23.1 Å². The molecule has 1 aromatic rings. The summed E-state index contributed by atoms with van der Waals surface area (Å²) >= 11 is 0. The maximum absolute atomic E-state index is 12.1. The minimum atomic E-state index is -3.79. The quantitative estimate of drug-likeness (QED) is 0.576. The maximum Gasteiger partial charge on any atom is 0.339 e. The summed E-state index contributed by atoms with van der Waals surface area (Å²) in [7, 11) is -2.57. The van der Waals surface area contributed by atoms with E-state index >= 15 is 0 Å². The van der Waals surface area contributed by atoms with Gasteiger partial charge in [-0.1, -0.05) is 6.92 Å². The Kier molecular flexibility index (Phi) is 5.65. The van der Waals surface area contributed by atoms with Crippen LogP contribution in [0, 0.1) is 22.7 Å². The number of hydrazone groups is 1. The maximum atomic E-state index is 12.1. The van der Waals surface area contributed by atoms with Crippen LogP contribution < -0.4 is 10.2 Å². The molecule has 0 spiro atoms. The lowest BCUT2D eigenvalue weighted by Crippen LogP contribution is -2.11. The van der Waals surface area contributed by atoms with Gasteiger partial charge in [-0.25, -0.2) is 13.2 Å². The summed E-state index contributed by atoms with van der Waals surface area (Å²) in [6.07, 6.45) is 0. The van der Waals surface area contributed by atoms with E-state index in [4.69, 9.17) is 20.4 Å². The van der Waals surface area contributed by atoms with Crippen LogP contribution in [0.2, 0.25) is 0 Å². The van der Waals surface area contributed by atoms with Crippen molar-refractivity contribution in [3.05, 3.63) is 17.7 Å². The number of sulfone groups is 1. The zero-order valence-corrected chi connectivity index (χ0v) is 13.0. The van der Waals surface area contributed by atoms with Crippen LogP contribution in [-0.2, 0) is 9.84 Å². The van der Waals surface area contributed by atoms with Crippen molar-refractivity contribution in [2.75, 3.05) is 18.3 Å². The SMILES string of the molecule is CCS(=O)(=O)c1cc(C(=O)O)c(OC)cc1NN=C(C#N)C#N. The van der Waals surface area contributed by atoms with Gasteiger partial charge in [-0.2, -0.15) is 15.6 Å². The van der Waals surface area contributed by atoms with Gasteiger partial charge in [-0.3, -0.25) is 5.43 Å². The van der Waals surface area contributed by atoms with Crippen molar-refractivity contribution in [1.82, 2.24) is 0 Å². The molecule has 0 unspecified atom stereocenters. The summed E-state index contributed by atoms with van der Waals surface area (Å²) < 4.78 is 29.2. The molecule has 0 aliphatic carbocycles. The number of carbonyl (C=O) groups is 1. The van der Waals surface area contributed by atoms with Gasteiger partial charge in [0.2, 0.25) is 5.71 Å². The molecule has 0 saturated heterocycles. The van der Waals surface area contributed by atoms with Crippen LogP contribution in [0.25, 0.3) is 0 Å². The molecule has 0 saturated carbocycles. The number of ether oxygens (including phenoxy) is 1. The predicted octanol–water partition coefficient (Wildman–Crippen LogP) is 1.00. The van der Waals surface area contributed by atoms with Gasteiger partial charge in [-0.15, -0.1) is 0 Å². The number of methoxy groups -OCH3 is 1. The van der Waals surface area contributed by atoms with Gasteiger partial charge < -0.3 is 9.84 Å². The molecule has 2 N–H and O–H groups in total. The molecule has 9 nitrogen and oxygen atoms in total. The zero-order valence-electron chi connectivity index (χ0n) is 12.2. The Bertz CT molecular complexity index is 830. The highest BCUT2D eigenvalue weighted by Crippen LogP contribution is 2.31. The average molecular weight is 336 g/mol. The third-order valence-corrected chi connectivity index (χ3v) is 4.52. The third kappa shape index (κ3) is 3.96. The summed E-state index contributed by atoms with van der Waals surface area (Å²) in [5.74, 6) is -1.74. The van der Waals surface area contributed by atoms with Crippen LogP contribution in [-0.4, -0.2) is 38.1 Å². The molecule has 0 bridgehead atoms. The highest BCUT2D eigenvalue weighted by atomic mass is 32.2. The first-order valence-corrected chi connectivity index (χ1v) is 7.77. The summed E-state index contributed by atoms with van der Waals surface area (Å²) in [6.45, 7) is 1.39. The predicted molar refractivity (Wildman–Crippen MR) is 80.0 cm³/mol. The molecular formula is C13H12N4O5S. The second-order valence-electron chi connectivity index (χ2n) is 4.05. The molecule has 1 rings (SSSR count). The first-order valence-electron chi connectivity index (χ1n) is 6.12. The lowest BCUT2D eigenvalue weighted by Gasteiger charge is -2.13. The van der Waals surface area contributed by atoms with Gasteiger partial charge in [-0.05, 0) is 6.07 Å². The van der Waals surface area contributed by atoms with Crippen LogP contribution in [0.1, 0.15) is 17.3 Å². The number of hydrogen-bond acceptors (Lipinski definition) is 8. The molecule has 10 heteroatoms. The number of carboxylic acid groups (broad SMARTS) is 1. The highest BCUT2D eigenvalue weighted by Gasteiger charge is 2.23. The minimum absolute atomic E-state index is 0.0966. The summed E-state index contributed by atoms with van der Waals surface area (Å²) in [5.41, 5.74) is 1.33. The monoisotopic (exact) mass is 336 g/mol. The van der Waals surface area contributed by atoms with Crippen molar-refractivity contribution in [2.24, 2.45) is 5.10 Å². The third-order valence-electron chi connectivity index (χ3n) is 2.75. The summed E-state index contributed by atoms with van der Waals surface area (Å²) in [4.78, 5) is 10.9. The van der Waals surface area contributed by atoms with Crippen LogP contribution in [0.4, 0.5) is 5.69 Å². The topological polar surface area (TPSA) is 153 Å². The fourth-order valence-electron chi connectivity index (χ4n) is 1.59. The molecule has 0 fully saturated rings. The molecule has 0 atom stereocenters. The van der Waals surface area contributed by atoms with E-state index in [1.54, 1.807) is 0 Å². The Morgan fingerprint density at radius 1 is 1.39 bits per heavy atom. The summed E-state index contributed by atoms with van der Waals surface area (Å²) in [5, 5.41) is 29.9. The van der Waals surface area contributed by atoms with Gasteiger partial charge in [0.1, 0.15) is 23.5 Å². The smallest absolute Gasteiger partial charge is 0.339 e. The number of anilines is 1. The van der Waals surface area contributed by atoms with Crippen LogP contribution in [0.5, 0.6) is 5.75 Å². The van der Waals surface area contributed by atoms with Crippen LogP contribution in [0.15, 0.2) is 22.1 Å². The number of nitriles is 2. The van der Waals surface area contributed by atoms with E-state index in [1.165, 1.54) is 26.2 Å². The molecule has 0 heterocycles. The van der Waals surface area contributed by atoms with Crippen LogP contribution >= 0.6 is 0 Å². The number of benzene rings is 1. The fourth-order valence-corrected chi connectivity index (χ4v) is 2.64. The Balaban J connectivity index is 3.61. The fraction of sp³-hybridized carbons (Fsp3) is 0.231. The Morgan fingerprint density at radius 3 is 2.43 bits per heavy atom. The van der Waals surface area contributed by atoms with Gasteiger partial charge >= 0.3 is 5.97 Å². The molecule has 0 radical (unpaired) electrons. The molecular weight excluding hydrogens is 324 g/mol. The van der Waals surface area contributed by atoms with Crippen molar-refractivity contribution in [3.63, 3.8) is 0 Å². The molecule has 1 aromatic carbocycles. The molecule has 120 valence electrons.